The third-order valence-electron chi connectivity index (χ3n) is 2.76. The first kappa shape index (κ1) is 10.9. The summed E-state index contributed by atoms with van der Waals surface area (Å²) in [5.41, 5.74) is 5.45. The predicted octanol–water partition coefficient (Wildman–Crippen LogP) is 0.0547. The summed E-state index contributed by atoms with van der Waals surface area (Å²) < 4.78 is 25.1. The zero-order valence-electron chi connectivity index (χ0n) is 8.04. The van der Waals surface area contributed by atoms with Crippen LogP contribution >= 0.6 is 0 Å². The Balaban J connectivity index is 2.33. The maximum absolute atomic E-state index is 11.2. The van der Waals surface area contributed by atoms with E-state index in [1.165, 1.54) is 0 Å². The van der Waals surface area contributed by atoms with Gasteiger partial charge in [0.05, 0.1) is 5.75 Å². The fourth-order valence-corrected chi connectivity index (χ4v) is 2.30. The molecule has 1 rings (SSSR count). The van der Waals surface area contributed by atoms with Crippen LogP contribution < -0.4 is 10.5 Å². The van der Waals surface area contributed by atoms with E-state index < -0.39 is 10.0 Å². The maximum Gasteiger partial charge on any atom is 0.212 e. The lowest BCUT2D eigenvalue weighted by molar-refractivity contribution is 0.476. The first-order valence-corrected chi connectivity index (χ1v) is 6.36. The molecule has 0 atom stereocenters. The molecule has 3 N–H and O–H groups in total. The Morgan fingerprint density at radius 3 is 2.46 bits per heavy atom. The Morgan fingerprint density at radius 2 is 2.08 bits per heavy atom. The molecule has 1 aliphatic carbocycles. The number of sulfonamides is 1. The highest BCUT2D eigenvalue weighted by molar-refractivity contribution is 7.89. The van der Waals surface area contributed by atoms with Crippen LogP contribution in [0.15, 0.2) is 0 Å². The van der Waals surface area contributed by atoms with Crippen molar-refractivity contribution in [2.45, 2.75) is 26.2 Å². The van der Waals surface area contributed by atoms with E-state index in [2.05, 4.69) is 11.6 Å². The van der Waals surface area contributed by atoms with Crippen LogP contribution in [0.1, 0.15) is 26.2 Å². The van der Waals surface area contributed by atoms with E-state index in [0.29, 0.717) is 6.54 Å². The quantitative estimate of drug-likeness (QED) is 0.645. The van der Waals surface area contributed by atoms with Crippen LogP contribution in [0.4, 0.5) is 0 Å². The Labute approximate surface area is 79.9 Å². The van der Waals surface area contributed by atoms with E-state index in [4.69, 9.17) is 5.73 Å². The minimum Gasteiger partial charge on any atom is -0.329 e. The first-order valence-electron chi connectivity index (χ1n) is 4.71. The summed E-state index contributed by atoms with van der Waals surface area (Å²) in [6.07, 6.45) is 3.35. The monoisotopic (exact) mass is 206 g/mol. The summed E-state index contributed by atoms with van der Waals surface area (Å²) in [6, 6.07) is 0. The fraction of sp³-hybridized carbons (Fsp3) is 1.00. The predicted molar refractivity (Wildman–Crippen MR) is 52.8 cm³/mol. The van der Waals surface area contributed by atoms with E-state index in [-0.39, 0.29) is 17.7 Å². The zero-order chi connectivity index (χ0) is 9.95. The van der Waals surface area contributed by atoms with Gasteiger partial charge in [-0.1, -0.05) is 6.92 Å². The molecule has 13 heavy (non-hydrogen) atoms. The molecule has 5 heteroatoms. The molecule has 0 aromatic heterocycles. The van der Waals surface area contributed by atoms with Crippen molar-refractivity contribution in [2.24, 2.45) is 11.1 Å². The van der Waals surface area contributed by atoms with Crippen LogP contribution in [0, 0.1) is 5.41 Å². The van der Waals surface area contributed by atoms with Gasteiger partial charge in [0.15, 0.2) is 0 Å². The van der Waals surface area contributed by atoms with E-state index >= 15 is 0 Å². The Bertz CT molecular complexity index is 257. The lowest BCUT2D eigenvalue weighted by Crippen LogP contribution is -2.34. The molecule has 0 amide bonds. The molecule has 0 bridgehead atoms. The second kappa shape index (κ2) is 3.94. The molecular formula is C8H18N2O2S. The van der Waals surface area contributed by atoms with E-state index in [0.717, 1.165) is 19.3 Å². The van der Waals surface area contributed by atoms with Gasteiger partial charge in [-0.05, 0) is 24.7 Å². The van der Waals surface area contributed by atoms with Crippen molar-refractivity contribution in [3.8, 4) is 0 Å². The highest BCUT2D eigenvalue weighted by Gasteiger charge is 2.40. The summed E-state index contributed by atoms with van der Waals surface area (Å²) in [6.45, 7) is 2.88. The second-order valence-corrected chi connectivity index (χ2v) is 5.71. The van der Waals surface area contributed by atoms with Crippen molar-refractivity contribution in [1.82, 2.24) is 4.72 Å². The van der Waals surface area contributed by atoms with Gasteiger partial charge in [-0.15, -0.1) is 0 Å². The lowest BCUT2D eigenvalue weighted by atomic mass is 10.1. The minimum absolute atomic E-state index is 0.0345. The Hall–Kier alpha value is -0.130. The van der Waals surface area contributed by atoms with Gasteiger partial charge >= 0.3 is 0 Å². The minimum atomic E-state index is -3.11. The number of nitrogens with one attached hydrogen (secondary N) is 1. The fourth-order valence-electron chi connectivity index (χ4n) is 1.32. The molecule has 0 radical (unpaired) electrons. The van der Waals surface area contributed by atoms with Gasteiger partial charge in [-0.2, -0.15) is 0 Å². The summed E-state index contributed by atoms with van der Waals surface area (Å²) in [7, 11) is -3.11. The first-order chi connectivity index (χ1) is 6.04. The van der Waals surface area contributed by atoms with E-state index in [1.54, 1.807) is 0 Å². The summed E-state index contributed by atoms with van der Waals surface area (Å²) >= 11 is 0. The summed E-state index contributed by atoms with van der Waals surface area (Å²) in [5.74, 6) is 0.0345. The number of nitrogens with two attached hydrogens (primary N) is 1. The molecule has 1 aliphatic rings. The Kier molecular flexibility index (Phi) is 3.32. The molecule has 0 aromatic carbocycles. The number of hydrogen-bond acceptors (Lipinski definition) is 3. The van der Waals surface area contributed by atoms with Crippen molar-refractivity contribution in [3.05, 3.63) is 0 Å². The summed E-state index contributed by atoms with van der Waals surface area (Å²) in [5, 5.41) is 0. The molecule has 0 spiro atoms. The molecular weight excluding hydrogens is 188 g/mol. The number of hydrogen-bond donors (Lipinski definition) is 2. The van der Waals surface area contributed by atoms with Gasteiger partial charge in [-0.25, -0.2) is 13.1 Å². The largest absolute Gasteiger partial charge is 0.329 e. The van der Waals surface area contributed by atoms with Crippen molar-refractivity contribution >= 4 is 10.0 Å². The molecule has 1 saturated carbocycles. The highest BCUT2D eigenvalue weighted by atomic mass is 32.2. The van der Waals surface area contributed by atoms with Gasteiger partial charge in [-0.3, -0.25) is 0 Å². The second-order valence-electron chi connectivity index (χ2n) is 3.78. The topological polar surface area (TPSA) is 72.2 Å². The van der Waals surface area contributed by atoms with Crippen molar-refractivity contribution in [1.29, 1.82) is 0 Å². The van der Waals surface area contributed by atoms with Crippen molar-refractivity contribution < 1.29 is 8.42 Å². The van der Waals surface area contributed by atoms with Crippen LogP contribution in [-0.4, -0.2) is 27.3 Å². The Morgan fingerprint density at radius 1 is 1.46 bits per heavy atom. The maximum atomic E-state index is 11.2. The smallest absolute Gasteiger partial charge is 0.212 e. The molecule has 0 aromatic rings. The van der Waals surface area contributed by atoms with Crippen LogP contribution in [0.2, 0.25) is 0 Å². The van der Waals surface area contributed by atoms with Crippen molar-refractivity contribution in [2.75, 3.05) is 18.8 Å². The molecule has 78 valence electrons. The third-order valence-corrected chi connectivity index (χ3v) is 4.12. The van der Waals surface area contributed by atoms with Crippen LogP contribution in [0.3, 0.4) is 0 Å². The molecule has 0 unspecified atom stereocenters. The van der Waals surface area contributed by atoms with E-state index in [9.17, 15) is 8.42 Å². The van der Waals surface area contributed by atoms with Gasteiger partial charge in [0.1, 0.15) is 0 Å². The third kappa shape index (κ3) is 3.25. The molecule has 0 saturated heterocycles. The normalized spacial score (nSPS) is 20.2. The van der Waals surface area contributed by atoms with Gasteiger partial charge in [0.25, 0.3) is 0 Å². The standard InChI is InChI=1S/C8H18N2O2S/c1-2-8(3-4-8)7-10-13(11,12)6-5-9/h10H,2-7,9H2,1H3. The lowest BCUT2D eigenvalue weighted by Gasteiger charge is -2.13. The molecule has 0 heterocycles. The van der Waals surface area contributed by atoms with Crippen molar-refractivity contribution in [3.63, 3.8) is 0 Å². The average Bonchev–Trinajstić information content (AvgIpc) is 2.82. The SMILES string of the molecule is CCC1(CNS(=O)(=O)CCN)CC1. The highest BCUT2D eigenvalue weighted by Crippen LogP contribution is 2.47. The van der Waals surface area contributed by atoms with Crippen LogP contribution in [0.5, 0.6) is 0 Å². The average molecular weight is 206 g/mol. The van der Waals surface area contributed by atoms with Crippen LogP contribution in [-0.2, 0) is 10.0 Å². The number of rotatable bonds is 6. The van der Waals surface area contributed by atoms with Gasteiger partial charge < -0.3 is 5.73 Å². The zero-order valence-corrected chi connectivity index (χ0v) is 8.86. The summed E-state index contributed by atoms with van der Waals surface area (Å²) in [4.78, 5) is 0. The van der Waals surface area contributed by atoms with E-state index in [1.807, 2.05) is 0 Å². The van der Waals surface area contributed by atoms with Crippen LogP contribution in [0.25, 0.3) is 0 Å². The molecule has 4 nitrogen and oxygen atoms in total. The van der Waals surface area contributed by atoms with Gasteiger partial charge in [0.2, 0.25) is 10.0 Å². The van der Waals surface area contributed by atoms with Gasteiger partial charge in [0, 0.05) is 13.1 Å². The molecule has 1 fully saturated rings. The molecule has 0 aliphatic heterocycles.